The van der Waals surface area contributed by atoms with Crippen LogP contribution < -0.4 is 4.90 Å². The van der Waals surface area contributed by atoms with Gasteiger partial charge in [0.15, 0.2) is 16.0 Å². The summed E-state index contributed by atoms with van der Waals surface area (Å²) in [6.07, 6.45) is 4.76. The van der Waals surface area contributed by atoms with E-state index in [1.165, 1.54) is 11.8 Å². The predicted octanol–water partition coefficient (Wildman–Crippen LogP) is 4.73. The fourth-order valence-corrected chi connectivity index (χ4v) is 4.84. The molecule has 0 fully saturated rings. The lowest BCUT2D eigenvalue weighted by molar-refractivity contribution is -0.116. The van der Waals surface area contributed by atoms with Gasteiger partial charge in [-0.1, -0.05) is 12.1 Å². The zero-order chi connectivity index (χ0) is 19.4. The summed E-state index contributed by atoms with van der Waals surface area (Å²) in [7, 11) is 0. The Kier molecular flexibility index (Phi) is 3.67. The number of aromatic amines is 2. The van der Waals surface area contributed by atoms with Crippen LogP contribution in [-0.2, 0) is 11.2 Å². The van der Waals surface area contributed by atoms with Crippen LogP contribution in [0.3, 0.4) is 0 Å². The number of nitrogens with one attached hydrogen (secondary N) is 2. The Morgan fingerprint density at radius 1 is 1.14 bits per heavy atom. The van der Waals surface area contributed by atoms with E-state index >= 15 is 0 Å². The number of carbonyl (C=O) groups excluding carboxylic acids is 1. The van der Waals surface area contributed by atoms with Gasteiger partial charge in [-0.15, -0.1) is 0 Å². The monoisotopic (exact) mass is 403 g/mol. The summed E-state index contributed by atoms with van der Waals surface area (Å²) in [5.74, 6) is 1.79. The van der Waals surface area contributed by atoms with Crippen molar-refractivity contribution in [2.24, 2.45) is 0 Å². The molecule has 0 bridgehead atoms. The molecule has 7 nitrogen and oxygen atoms in total. The highest BCUT2D eigenvalue weighted by Crippen LogP contribution is 2.43. The van der Waals surface area contributed by atoms with E-state index in [-0.39, 0.29) is 5.78 Å². The number of H-pyrrole nitrogens is 2. The van der Waals surface area contributed by atoms with E-state index in [4.69, 9.17) is 4.42 Å². The van der Waals surface area contributed by atoms with Crippen molar-refractivity contribution in [2.75, 3.05) is 4.90 Å². The van der Waals surface area contributed by atoms with Gasteiger partial charge in [0.2, 0.25) is 5.88 Å². The summed E-state index contributed by atoms with van der Waals surface area (Å²) in [5, 5.41) is 8.78. The maximum Gasteiger partial charge on any atom is 0.206 e. The number of benzene rings is 1. The number of nitrogens with zero attached hydrogens (tertiary/aromatic N) is 3. The van der Waals surface area contributed by atoms with Gasteiger partial charge in [-0.3, -0.25) is 14.8 Å². The standard InChI is InChI=1S/C21H17N5O2S/c27-17-7-3-6-16-13(17)10-12-11-22-25-20(12)26(16)18-8-9-19(28-18)29-21-23-14-4-1-2-5-15(14)24-21/h1-2,4-5,8-9,11H,3,6-7,10H2,(H,22,25)(H,23,24). The molecule has 0 radical (unpaired) electrons. The van der Waals surface area contributed by atoms with Crippen LogP contribution in [0.15, 0.2) is 68.5 Å². The second-order valence-electron chi connectivity index (χ2n) is 7.21. The molecule has 3 aromatic heterocycles. The number of allylic oxidation sites excluding steroid dienone is 2. The summed E-state index contributed by atoms with van der Waals surface area (Å²) in [5.41, 5.74) is 4.84. The van der Waals surface area contributed by atoms with Crippen LogP contribution in [0.1, 0.15) is 24.8 Å². The molecule has 144 valence electrons. The lowest BCUT2D eigenvalue weighted by Crippen LogP contribution is -2.29. The van der Waals surface area contributed by atoms with E-state index < -0.39 is 0 Å². The molecule has 1 aromatic carbocycles. The molecule has 29 heavy (non-hydrogen) atoms. The topological polar surface area (TPSA) is 90.8 Å². The molecule has 2 aliphatic rings. The Labute approximate surface area is 170 Å². The van der Waals surface area contributed by atoms with Crippen LogP contribution in [0.25, 0.3) is 11.0 Å². The minimum atomic E-state index is 0.228. The summed E-state index contributed by atoms with van der Waals surface area (Å²) in [6.45, 7) is 0. The molecule has 1 aliphatic heterocycles. The first-order valence-electron chi connectivity index (χ1n) is 9.56. The fraction of sp³-hybridized carbons (Fsp3) is 0.190. The molecule has 6 rings (SSSR count). The SMILES string of the molecule is O=C1CCCC2=C1Cc1cn[nH]c1N2c1ccc(Sc2nc3ccccc3[nH]2)o1. The first-order chi connectivity index (χ1) is 14.3. The normalized spacial score (nSPS) is 16.4. The van der Waals surface area contributed by atoms with Crippen molar-refractivity contribution in [3.05, 3.63) is 59.4 Å². The minimum absolute atomic E-state index is 0.228. The maximum atomic E-state index is 12.5. The van der Waals surface area contributed by atoms with Gasteiger partial charge in [0.1, 0.15) is 5.82 Å². The average Bonchev–Trinajstić information content (AvgIpc) is 3.46. The summed E-state index contributed by atoms with van der Waals surface area (Å²) in [6, 6.07) is 11.8. The summed E-state index contributed by atoms with van der Waals surface area (Å²) in [4.78, 5) is 22.4. The van der Waals surface area contributed by atoms with E-state index in [0.29, 0.717) is 18.7 Å². The van der Waals surface area contributed by atoms with E-state index in [0.717, 1.165) is 56.8 Å². The third-order valence-electron chi connectivity index (χ3n) is 5.41. The number of hydrogen-bond acceptors (Lipinski definition) is 6. The number of furan rings is 1. The van der Waals surface area contributed by atoms with Gasteiger partial charge in [0, 0.05) is 35.7 Å². The van der Waals surface area contributed by atoms with Gasteiger partial charge in [0.25, 0.3) is 0 Å². The Balaban J connectivity index is 1.37. The average molecular weight is 403 g/mol. The molecular formula is C21H17N5O2S. The van der Waals surface area contributed by atoms with E-state index in [9.17, 15) is 4.79 Å². The van der Waals surface area contributed by atoms with Crippen molar-refractivity contribution in [3.8, 4) is 0 Å². The molecule has 1 aliphatic carbocycles. The van der Waals surface area contributed by atoms with Gasteiger partial charge < -0.3 is 9.40 Å². The van der Waals surface area contributed by atoms with Crippen LogP contribution in [0.5, 0.6) is 0 Å². The van der Waals surface area contributed by atoms with Crippen LogP contribution >= 0.6 is 11.8 Å². The summed E-state index contributed by atoms with van der Waals surface area (Å²) < 4.78 is 6.17. The third kappa shape index (κ3) is 2.71. The highest BCUT2D eigenvalue weighted by Gasteiger charge is 2.34. The van der Waals surface area contributed by atoms with E-state index in [2.05, 4.69) is 20.2 Å². The lowest BCUT2D eigenvalue weighted by Gasteiger charge is -2.33. The molecular weight excluding hydrogens is 386 g/mol. The first-order valence-corrected chi connectivity index (χ1v) is 10.4. The zero-order valence-corrected chi connectivity index (χ0v) is 16.3. The van der Waals surface area contributed by atoms with Crippen molar-refractivity contribution >= 4 is 40.3 Å². The van der Waals surface area contributed by atoms with Crippen molar-refractivity contribution in [2.45, 2.75) is 35.9 Å². The van der Waals surface area contributed by atoms with Crippen LogP contribution in [-0.4, -0.2) is 25.9 Å². The largest absolute Gasteiger partial charge is 0.433 e. The fourth-order valence-electron chi connectivity index (χ4n) is 4.08. The molecule has 8 heteroatoms. The van der Waals surface area contributed by atoms with Crippen LogP contribution in [0.2, 0.25) is 0 Å². The Bertz CT molecular complexity index is 1250. The number of fused-ring (bicyclic) bond motifs is 2. The maximum absolute atomic E-state index is 12.5. The first kappa shape index (κ1) is 16.7. The molecule has 2 N–H and O–H groups in total. The second kappa shape index (κ2) is 6.38. The number of rotatable bonds is 3. The number of aromatic nitrogens is 4. The Morgan fingerprint density at radius 3 is 3.00 bits per heavy atom. The molecule has 4 aromatic rings. The van der Waals surface area contributed by atoms with Gasteiger partial charge >= 0.3 is 0 Å². The van der Waals surface area contributed by atoms with Crippen LogP contribution in [0, 0.1) is 0 Å². The van der Waals surface area contributed by atoms with E-state index in [1.807, 2.05) is 41.3 Å². The number of ketones is 1. The lowest BCUT2D eigenvalue weighted by atomic mass is 9.87. The number of anilines is 2. The predicted molar refractivity (Wildman–Crippen MR) is 109 cm³/mol. The van der Waals surface area contributed by atoms with Crippen molar-refractivity contribution in [1.82, 2.24) is 20.2 Å². The van der Waals surface area contributed by atoms with Crippen LogP contribution in [0.4, 0.5) is 11.7 Å². The Hall–Kier alpha value is -3.26. The minimum Gasteiger partial charge on any atom is -0.433 e. The molecule has 0 unspecified atom stereocenters. The number of hydrogen-bond donors (Lipinski definition) is 2. The third-order valence-corrected chi connectivity index (χ3v) is 6.22. The highest BCUT2D eigenvalue weighted by molar-refractivity contribution is 7.99. The van der Waals surface area contributed by atoms with E-state index in [1.54, 1.807) is 6.20 Å². The van der Waals surface area contributed by atoms with Gasteiger partial charge in [0.05, 0.1) is 17.2 Å². The quantitative estimate of drug-likeness (QED) is 0.514. The number of Topliss-reactive ketones (excluding diaryl/α,β-unsaturated/α-hetero) is 1. The number of para-hydroxylation sites is 2. The number of imidazole rings is 1. The van der Waals surface area contributed by atoms with Gasteiger partial charge in [-0.25, -0.2) is 4.98 Å². The molecule has 0 saturated carbocycles. The molecule has 0 spiro atoms. The molecule has 0 atom stereocenters. The molecule has 0 amide bonds. The molecule has 4 heterocycles. The summed E-state index contributed by atoms with van der Waals surface area (Å²) >= 11 is 1.44. The highest BCUT2D eigenvalue weighted by atomic mass is 32.2. The Morgan fingerprint density at radius 2 is 2.07 bits per heavy atom. The molecule has 0 saturated heterocycles. The smallest absolute Gasteiger partial charge is 0.206 e. The second-order valence-corrected chi connectivity index (χ2v) is 8.21. The van der Waals surface area contributed by atoms with Crippen molar-refractivity contribution in [3.63, 3.8) is 0 Å². The van der Waals surface area contributed by atoms with Gasteiger partial charge in [-0.05, 0) is 42.8 Å². The van der Waals surface area contributed by atoms with Crippen molar-refractivity contribution < 1.29 is 9.21 Å². The number of carbonyl (C=O) groups is 1. The zero-order valence-electron chi connectivity index (χ0n) is 15.4. The van der Waals surface area contributed by atoms with Crippen molar-refractivity contribution in [1.29, 1.82) is 0 Å². The van der Waals surface area contributed by atoms with Gasteiger partial charge in [-0.2, -0.15) is 5.10 Å².